The Morgan fingerprint density at radius 3 is 2.76 bits per heavy atom. The number of aromatic nitrogens is 4. The molecule has 0 N–H and O–H groups in total. The van der Waals surface area contributed by atoms with Crippen LogP contribution in [-0.4, -0.2) is 26.7 Å². The van der Waals surface area contributed by atoms with E-state index in [1.165, 1.54) is 0 Å². The van der Waals surface area contributed by atoms with Crippen LogP contribution in [0.15, 0.2) is 47.2 Å². The Balaban J connectivity index is 1.57. The van der Waals surface area contributed by atoms with Crippen LogP contribution in [0.3, 0.4) is 0 Å². The molecule has 4 heterocycles. The van der Waals surface area contributed by atoms with Crippen molar-refractivity contribution in [2.75, 3.05) is 11.4 Å². The van der Waals surface area contributed by atoms with Crippen LogP contribution in [0.1, 0.15) is 50.2 Å². The van der Waals surface area contributed by atoms with Gasteiger partial charge in [0.25, 0.3) is 5.89 Å². The molecule has 128 valence electrons. The maximum atomic E-state index is 5.34. The fourth-order valence-electron chi connectivity index (χ4n) is 3.19. The Morgan fingerprint density at radius 2 is 2.08 bits per heavy atom. The zero-order valence-corrected chi connectivity index (χ0v) is 14.5. The van der Waals surface area contributed by atoms with E-state index in [1.807, 2.05) is 44.3 Å². The first-order chi connectivity index (χ1) is 12.2. The minimum absolute atomic E-state index is 0.244. The highest BCUT2D eigenvalue weighted by molar-refractivity contribution is 5.55. The van der Waals surface area contributed by atoms with Crippen molar-refractivity contribution in [3.05, 3.63) is 54.2 Å². The van der Waals surface area contributed by atoms with Gasteiger partial charge in [-0.15, -0.1) is 0 Å². The smallest absolute Gasteiger partial charge is 0.259 e. The largest absolute Gasteiger partial charge is 0.348 e. The van der Waals surface area contributed by atoms with Crippen molar-refractivity contribution in [3.63, 3.8) is 0 Å². The minimum Gasteiger partial charge on any atom is -0.348 e. The third-order valence-corrected chi connectivity index (χ3v) is 4.53. The summed E-state index contributed by atoms with van der Waals surface area (Å²) in [5.41, 5.74) is 1.95. The maximum Gasteiger partial charge on any atom is 0.259 e. The topological polar surface area (TPSA) is 67.9 Å². The van der Waals surface area contributed by atoms with Crippen LogP contribution in [0.2, 0.25) is 0 Å². The van der Waals surface area contributed by atoms with Gasteiger partial charge in [0.1, 0.15) is 5.82 Å². The van der Waals surface area contributed by atoms with Crippen molar-refractivity contribution in [2.45, 2.75) is 38.6 Å². The average Bonchev–Trinajstić information content (AvgIpc) is 3.32. The summed E-state index contributed by atoms with van der Waals surface area (Å²) in [4.78, 5) is 15.9. The molecule has 6 heteroatoms. The number of hydrogen-bond acceptors (Lipinski definition) is 6. The van der Waals surface area contributed by atoms with E-state index in [9.17, 15) is 0 Å². The van der Waals surface area contributed by atoms with E-state index in [-0.39, 0.29) is 12.0 Å². The zero-order chi connectivity index (χ0) is 17.2. The van der Waals surface area contributed by atoms with Crippen molar-refractivity contribution in [2.24, 2.45) is 0 Å². The molecule has 3 aromatic heterocycles. The fraction of sp³-hybridized carbons (Fsp3) is 0.368. The fourth-order valence-corrected chi connectivity index (χ4v) is 3.19. The molecule has 0 radical (unpaired) electrons. The Bertz CT molecular complexity index is 829. The first kappa shape index (κ1) is 15.7. The van der Waals surface area contributed by atoms with E-state index in [0.717, 1.165) is 36.5 Å². The van der Waals surface area contributed by atoms with Crippen LogP contribution in [0, 0.1) is 0 Å². The number of rotatable bonds is 4. The highest BCUT2D eigenvalue weighted by Gasteiger charge is 2.28. The number of nitrogens with zero attached hydrogens (tertiary/aromatic N) is 5. The van der Waals surface area contributed by atoms with Crippen LogP contribution in [0.25, 0.3) is 11.5 Å². The molecular formula is C19H21N5O. The number of anilines is 1. The van der Waals surface area contributed by atoms with Gasteiger partial charge in [-0.25, -0.2) is 4.98 Å². The molecule has 0 amide bonds. The molecule has 0 spiro atoms. The molecule has 1 atom stereocenters. The SMILES string of the molecule is CC(C)c1noc(-c2ccc(N3CCC[C@H]3c3ccccn3)nc2)n1. The number of hydrogen-bond donors (Lipinski definition) is 0. The summed E-state index contributed by atoms with van der Waals surface area (Å²) in [6, 6.07) is 10.4. The molecule has 0 saturated carbocycles. The molecule has 25 heavy (non-hydrogen) atoms. The van der Waals surface area contributed by atoms with Gasteiger partial charge in [-0.3, -0.25) is 4.98 Å². The van der Waals surface area contributed by atoms with Crippen molar-refractivity contribution in [1.29, 1.82) is 0 Å². The first-order valence-corrected chi connectivity index (χ1v) is 8.70. The van der Waals surface area contributed by atoms with Crippen molar-refractivity contribution in [1.82, 2.24) is 20.1 Å². The quantitative estimate of drug-likeness (QED) is 0.718. The van der Waals surface area contributed by atoms with E-state index in [1.54, 1.807) is 6.20 Å². The van der Waals surface area contributed by atoms with Gasteiger partial charge in [0, 0.05) is 24.9 Å². The molecule has 0 unspecified atom stereocenters. The van der Waals surface area contributed by atoms with Crippen LogP contribution >= 0.6 is 0 Å². The predicted molar refractivity (Wildman–Crippen MR) is 95.2 cm³/mol. The Labute approximate surface area is 146 Å². The van der Waals surface area contributed by atoms with E-state index < -0.39 is 0 Å². The lowest BCUT2D eigenvalue weighted by Crippen LogP contribution is -2.24. The lowest BCUT2D eigenvalue weighted by Gasteiger charge is -2.25. The summed E-state index contributed by atoms with van der Waals surface area (Å²) < 4.78 is 5.34. The monoisotopic (exact) mass is 335 g/mol. The van der Waals surface area contributed by atoms with Crippen LogP contribution < -0.4 is 4.90 Å². The summed E-state index contributed by atoms with van der Waals surface area (Å²) in [6.45, 7) is 5.08. The van der Waals surface area contributed by atoms with Gasteiger partial charge in [-0.05, 0) is 37.1 Å². The molecule has 1 aliphatic heterocycles. The molecule has 0 aliphatic carbocycles. The highest BCUT2D eigenvalue weighted by atomic mass is 16.5. The highest BCUT2D eigenvalue weighted by Crippen LogP contribution is 2.34. The van der Waals surface area contributed by atoms with Gasteiger partial charge in [0.05, 0.1) is 17.3 Å². The van der Waals surface area contributed by atoms with Gasteiger partial charge in [0.15, 0.2) is 5.82 Å². The summed E-state index contributed by atoms with van der Waals surface area (Å²) in [6.07, 6.45) is 5.90. The molecule has 3 aromatic rings. The standard InChI is InChI=1S/C19H21N5O/c1-13(2)18-22-19(25-23-18)14-8-9-17(21-12-14)24-11-5-7-16(24)15-6-3-4-10-20-15/h3-4,6,8-10,12-13,16H,5,7,11H2,1-2H3/t16-/m0/s1. The summed E-state index contributed by atoms with van der Waals surface area (Å²) >= 11 is 0. The second kappa shape index (κ2) is 6.63. The van der Waals surface area contributed by atoms with Crippen LogP contribution in [0.4, 0.5) is 5.82 Å². The Morgan fingerprint density at radius 1 is 1.16 bits per heavy atom. The second-order valence-corrected chi connectivity index (χ2v) is 6.62. The number of pyridine rings is 2. The zero-order valence-electron chi connectivity index (χ0n) is 14.5. The molecule has 4 rings (SSSR count). The van der Waals surface area contributed by atoms with E-state index in [4.69, 9.17) is 4.52 Å². The van der Waals surface area contributed by atoms with Gasteiger partial charge >= 0.3 is 0 Å². The average molecular weight is 335 g/mol. The summed E-state index contributed by atoms with van der Waals surface area (Å²) in [5, 5.41) is 4.01. The Hall–Kier alpha value is -2.76. The first-order valence-electron chi connectivity index (χ1n) is 8.70. The molecule has 0 aromatic carbocycles. The third-order valence-electron chi connectivity index (χ3n) is 4.53. The Kier molecular flexibility index (Phi) is 4.17. The summed E-state index contributed by atoms with van der Waals surface area (Å²) in [5.74, 6) is 2.44. The van der Waals surface area contributed by atoms with Crippen molar-refractivity contribution >= 4 is 5.82 Å². The lowest BCUT2D eigenvalue weighted by molar-refractivity contribution is 0.419. The van der Waals surface area contributed by atoms with Crippen LogP contribution in [0.5, 0.6) is 0 Å². The predicted octanol–water partition coefficient (Wildman–Crippen LogP) is 3.99. The van der Waals surface area contributed by atoms with Crippen molar-refractivity contribution in [3.8, 4) is 11.5 Å². The molecular weight excluding hydrogens is 314 g/mol. The van der Waals surface area contributed by atoms with Gasteiger partial charge in [-0.2, -0.15) is 4.98 Å². The molecule has 6 nitrogen and oxygen atoms in total. The van der Waals surface area contributed by atoms with E-state index in [2.05, 4.69) is 31.1 Å². The summed E-state index contributed by atoms with van der Waals surface area (Å²) in [7, 11) is 0. The van der Waals surface area contributed by atoms with Crippen molar-refractivity contribution < 1.29 is 4.52 Å². The third kappa shape index (κ3) is 3.12. The second-order valence-electron chi connectivity index (χ2n) is 6.62. The van der Waals surface area contributed by atoms with Gasteiger partial charge < -0.3 is 9.42 Å². The minimum atomic E-state index is 0.244. The molecule has 1 saturated heterocycles. The maximum absolute atomic E-state index is 5.34. The van der Waals surface area contributed by atoms with Gasteiger partial charge in [0.2, 0.25) is 0 Å². The van der Waals surface area contributed by atoms with Gasteiger partial charge in [-0.1, -0.05) is 25.1 Å². The lowest BCUT2D eigenvalue weighted by atomic mass is 10.1. The normalized spacial score (nSPS) is 17.4. The molecule has 1 fully saturated rings. The van der Waals surface area contributed by atoms with E-state index in [0.29, 0.717) is 11.7 Å². The van der Waals surface area contributed by atoms with E-state index >= 15 is 0 Å². The molecule has 1 aliphatic rings. The molecule has 0 bridgehead atoms. The van der Waals surface area contributed by atoms with Crippen LogP contribution in [-0.2, 0) is 0 Å².